The topological polar surface area (TPSA) is 43.1 Å². The molecule has 2 heterocycles. The molecular formula is C18H16N4S. The molecule has 1 atom stereocenters. The number of fused-ring (bicyclic) bond motifs is 1. The van der Waals surface area contributed by atoms with E-state index in [1.165, 1.54) is 5.56 Å². The van der Waals surface area contributed by atoms with Gasteiger partial charge in [0.1, 0.15) is 0 Å². The minimum absolute atomic E-state index is 0.249. The first-order chi connectivity index (χ1) is 11.2. The van der Waals surface area contributed by atoms with Crippen LogP contribution in [0.25, 0.3) is 11.4 Å². The van der Waals surface area contributed by atoms with Crippen LogP contribution < -0.4 is 0 Å². The zero-order valence-corrected chi connectivity index (χ0v) is 13.8. The van der Waals surface area contributed by atoms with Crippen LogP contribution in [0.3, 0.4) is 0 Å². The molecule has 3 aromatic rings. The van der Waals surface area contributed by atoms with Gasteiger partial charge in [0.2, 0.25) is 5.16 Å². The van der Waals surface area contributed by atoms with E-state index in [-0.39, 0.29) is 5.25 Å². The molecule has 1 aliphatic heterocycles. The van der Waals surface area contributed by atoms with E-state index in [0.717, 1.165) is 27.8 Å². The Bertz CT molecular complexity index is 883. The highest BCUT2D eigenvalue weighted by Crippen LogP contribution is 2.32. The first-order valence-electron chi connectivity index (χ1n) is 7.56. The van der Waals surface area contributed by atoms with Gasteiger partial charge >= 0.3 is 0 Å². The van der Waals surface area contributed by atoms with Crippen molar-refractivity contribution in [3.05, 3.63) is 65.7 Å². The molecule has 114 valence electrons. The quantitative estimate of drug-likeness (QED) is 0.717. The van der Waals surface area contributed by atoms with Crippen molar-refractivity contribution in [1.29, 1.82) is 0 Å². The highest BCUT2D eigenvalue weighted by atomic mass is 32.2. The van der Waals surface area contributed by atoms with Crippen molar-refractivity contribution in [3.8, 4) is 11.4 Å². The van der Waals surface area contributed by atoms with Crippen molar-refractivity contribution in [3.63, 3.8) is 0 Å². The summed E-state index contributed by atoms with van der Waals surface area (Å²) in [6.45, 7) is 4.23. The molecule has 0 unspecified atom stereocenters. The molecule has 5 heteroatoms. The van der Waals surface area contributed by atoms with Gasteiger partial charge in [-0.15, -0.1) is 10.2 Å². The van der Waals surface area contributed by atoms with Gasteiger partial charge in [-0.25, -0.2) is 0 Å². The average molecular weight is 320 g/mol. The van der Waals surface area contributed by atoms with E-state index in [0.29, 0.717) is 0 Å². The van der Waals surface area contributed by atoms with Crippen LogP contribution in [0.4, 0.5) is 0 Å². The number of hydrogen-bond acceptors (Lipinski definition) is 4. The Morgan fingerprint density at radius 1 is 0.957 bits per heavy atom. The lowest BCUT2D eigenvalue weighted by Crippen LogP contribution is -2.21. The van der Waals surface area contributed by atoms with Crippen LogP contribution in [-0.2, 0) is 0 Å². The summed E-state index contributed by atoms with van der Waals surface area (Å²) in [5, 5.41) is 14.6. The smallest absolute Gasteiger partial charge is 0.187 e. The number of nitrogens with zero attached hydrogens (tertiary/aromatic N) is 4. The summed E-state index contributed by atoms with van der Waals surface area (Å²) in [4.78, 5) is 0. The van der Waals surface area contributed by atoms with Crippen LogP contribution in [0.2, 0.25) is 0 Å². The van der Waals surface area contributed by atoms with Gasteiger partial charge in [0.15, 0.2) is 5.82 Å². The lowest BCUT2D eigenvalue weighted by molar-refractivity contribution is 0.754. The minimum atomic E-state index is 0.249. The Morgan fingerprint density at radius 2 is 1.74 bits per heavy atom. The first kappa shape index (κ1) is 14.2. The molecule has 0 fully saturated rings. The Morgan fingerprint density at radius 3 is 2.52 bits per heavy atom. The van der Waals surface area contributed by atoms with E-state index in [4.69, 9.17) is 5.10 Å². The SMILES string of the molecule is Cc1cccc(-c2nnc3n2N=C(c2ccccc2)[C@@H](C)S3)c1. The van der Waals surface area contributed by atoms with Gasteiger partial charge in [0, 0.05) is 5.56 Å². The fourth-order valence-electron chi connectivity index (χ4n) is 2.70. The first-order valence-corrected chi connectivity index (χ1v) is 8.44. The van der Waals surface area contributed by atoms with E-state index in [9.17, 15) is 0 Å². The van der Waals surface area contributed by atoms with Crippen LogP contribution in [0.15, 0.2) is 64.9 Å². The normalized spacial score (nSPS) is 16.8. The molecule has 0 saturated carbocycles. The van der Waals surface area contributed by atoms with Crippen molar-refractivity contribution < 1.29 is 0 Å². The molecule has 4 rings (SSSR count). The van der Waals surface area contributed by atoms with E-state index >= 15 is 0 Å². The van der Waals surface area contributed by atoms with Crippen LogP contribution in [0.5, 0.6) is 0 Å². The largest absolute Gasteiger partial charge is 0.213 e. The Hall–Kier alpha value is -2.40. The van der Waals surface area contributed by atoms with Crippen LogP contribution in [-0.4, -0.2) is 25.8 Å². The highest BCUT2D eigenvalue weighted by Gasteiger charge is 2.26. The van der Waals surface area contributed by atoms with Crippen molar-refractivity contribution in [2.45, 2.75) is 24.3 Å². The number of benzene rings is 2. The number of aromatic nitrogens is 3. The lowest BCUT2D eigenvalue weighted by Gasteiger charge is -2.19. The monoisotopic (exact) mass is 320 g/mol. The minimum Gasteiger partial charge on any atom is -0.187 e. The van der Waals surface area contributed by atoms with Gasteiger partial charge in [0.25, 0.3) is 0 Å². The summed E-state index contributed by atoms with van der Waals surface area (Å²) in [6.07, 6.45) is 0. The van der Waals surface area contributed by atoms with Crippen molar-refractivity contribution in [2.24, 2.45) is 5.10 Å². The molecule has 1 aromatic heterocycles. The van der Waals surface area contributed by atoms with Crippen LogP contribution in [0.1, 0.15) is 18.1 Å². The maximum Gasteiger partial charge on any atom is 0.213 e. The zero-order chi connectivity index (χ0) is 15.8. The van der Waals surface area contributed by atoms with Gasteiger partial charge in [-0.1, -0.05) is 65.9 Å². The van der Waals surface area contributed by atoms with Crippen molar-refractivity contribution >= 4 is 17.5 Å². The second kappa shape index (κ2) is 5.66. The molecule has 0 bridgehead atoms. The molecule has 1 aliphatic rings. The van der Waals surface area contributed by atoms with Crippen molar-refractivity contribution in [1.82, 2.24) is 14.9 Å². The Labute approximate surface area is 139 Å². The molecule has 0 saturated heterocycles. The summed E-state index contributed by atoms with van der Waals surface area (Å²) < 4.78 is 1.86. The maximum atomic E-state index is 4.85. The molecule has 23 heavy (non-hydrogen) atoms. The maximum absolute atomic E-state index is 4.85. The summed E-state index contributed by atoms with van der Waals surface area (Å²) in [7, 11) is 0. The average Bonchev–Trinajstić information content (AvgIpc) is 2.97. The molecule has 0 radical (unpaired) electrons. The van der Waals surface area contributed by atoms with Crippen LogP contribution in [0, 0.1) is 6.92 Å². The fraction of sp³-hybridized carbons (Fsp3) is 0.167. The van der Waals surface area contributed by atoms with Gasteiger partial charge in [-0.3, -0.25) is 0 Å². The number of hydrogen-bond donors (Lipinski definition) is 0. The third-order valence-electron chi connectivity index (χ3n) is 3.83. The van der Waals surface area contributed by atoms with E-state index in [2.05, 4.69) is 48.3 Å². The van der Waals surface area contributed by atoms with Gasteiger partial charge in [-0.05, 0) is 25.5 Å². The van der Waals surface area contributed by atoms with Crippen molar-refractivity contribution in [2.75, 3.05) is 0 Å². The lowest BCUT2D eigenvalue weighted by atomic mass is 10.1. The second-order valence-electron chi connectivity index (χ2n) is 5.60. The Balaban J connectivity index is 1.85. The Kier molecular flexibility index (Phi) is 3.50. The summed E-state index contributed by atoms with van der Waals surface area (Å²) >= 11 is 1.69. The molecule has 0 aliphatic carbocycles. The van der Waals surface area contributed by atoms with Gasteiger partial charge < -0.3 is 0 Å². The fourth-order valence-corrected chi connectivity index (χ4v) is 3.62. The molecule has 4 nitrogen and oxygen atoms in total. The van der Waals surface area contributed by atoms with Gasteiger partial charge in [-0.2, -0.15) is 9.78 Å². The summed E-state index contributed by atoms with van der Waals surface area (Å²) in [6, 6.07) is 18.6. The molecule has 2 aromatic carbocycles. The molecule has 0 N–H and O–H groups in total. The zero-order valence-electron chi connectivity index (χ0n) is 13.0. The van der Waals surface area contributed by atoms with Gasteiger partial charge in [0.05, 0.1) is 11.0 Å². The standard InChI is InChI=1S/C18H16N4S/c1-12-7-6-10-15(11-12)17-19-20-18-22(17)21-16(13(2)23-18)14-8-4-3-5-9-14/h3-11,13H,1-2H3/t13-/m1/s1. The molecule has 0 spiro atoms. The van der Waals surface area contributed by atoms with E-state index in [1.54, 1.807) is 11.8 Å². The van der Waals surface area contributed by atoms with E-state index in [1.807, 2.05) is 35.0 Å². The molecular weight excluding hydrogens is 304 g/mol. The summed E-state index contributed by atoms with van der Waals surface area (Å²) in [5.41, 5.74) is 4.43. The summed E-state index contributed by atoms with van der Waals surface area (Å²) in [5.74, 6) is 0.788. The van der Waals surface area contributed by atoms with Crippen LogP contribution >= 0.6 is 11.8 Å². The highest BCUT2D eigenvalue weighted by molar-refractivity contribution is 8.00. The van der Waals surface area contributed by atoms with E-state index < -0.39 is 0 Å². The third kappa shape index (κ3) is 2.57. The number of thioether (sulfide) groups is 1. The number of aryl methyl sites for hydroxylation is 1. The predicted molar refractivity (Wildman–Crippen MR) is 93.9 cm³/mol. The second-order valence-corrected chi connectivity index (χ2v) is 6.91. The predicted octanol–water partition coefficient (Wildman–Crippen LogP) is 4.00. The number of rotatable bonds is 2. The molecule has 0 amide bonds. The third-order valence-corrected chi connectivity index (χ3v) is 4.88.